The maximum Gasteiger partial charge on any atom is 0.311 e. The molecular weight excluding hydrogens is 300 g/mol. The van der Waals surface area contributed by atoms with Crippen molar-refractivity contribution in [3.8, 4) is 10.7 Å². The van der Waals surface area contributed by atoms with Crippen LogP contribution in [0.25, 0.3) is 10.7 Å². The minimum absolute atomic E-state index is 0.203. The summed E-state index contributed by atoms with van der Waals surface area (Å²) in [6.45, 7) is 5.63. The number of hydrogen-bond acceptors (Lipinski definition) is 5. The lowest BCUT2D eigenvalue weighted by atomic mass is 9.88. The van der Waals surface area contributed by atoms with Crippen LogP contribution in [-0.4, -0.2) is 31.3 Å². The second kappa shape index (κ2) is 5.49. The van der Waals surface area contributed by atoms with Crippen LogP contribution in [0.5, 0.6) is 0 Å². The van der Waals surface area contributed by atoms with Gasteiger partial charge < -0.3 is 5.11 Å². The van der Waals surface area contributed by atoms with Gasteiger partial charge in [-0.2, -0.15) is 0 Å². The Morgan fingerprint density at radius 2 is 2.30 bits per heavy atom. The van der Waals surface area contributed by atoms with Gasteiger partial charge in [0.1, 0.15) is 0 Å². The standard InChI is InChI=1S/C12H15ClN4O2S/c1-4-12(3,11(18)19)6-17-10(14-15-16-17)9-8(13)7(2)5-20-9/h5H,4,6H2,1-3H3,(H,18,19). The molecule has 2 aromatic rings. The van der Waals surface area contributed by atoms with Gasteiger partial charge in [0.05, 0.1) is 21.9 Å². The average molecular weight is 315 g/mol. The van der Waals surface area contributed by atoms with Crippen molar-refractivity contribution in [3.63, 3.8) is 0 Å². The van der Waals surface area contributed by atoms with Crippen LogP contribution in [0, 0.1) is 12.3 Å². The Bertz CT molecular complexity index is 639. The summed E-state index contributed by atoms with van der Waals surface area (Å²) in [7, 11) is 0. The van der Waals surface area contributed by atoms with E-state index in [1.54, 1.807) is 6.92 Å². The van der Waals surface area contributed by atoms with E-state index in [2.05, 4.69) is 15.5 Å². The summed E-state index contributed by atoms with van der Waals surface area (Å²) in [5.41, 5.74) is 0.0424. The van der Waals surface area contributed by atoms with Gasteiger partial charge in [-0.05, 0) is 41.6 Å². The Labute approximate surface area is 125 Å². The zero-order valence-corrected chi connectivity index (χ0v) is 13.0. The van der Waals surface area contributed by atoms with Gasteiger partial charge in [0.25, 0.3) is 0 Å². The highest BCUT2D eigenvalue weighted by atomic mass is 35.5. The summed E-state index contributed by atoms with van der Waals surface area (Å²) < 4.78 is 1.51. The molecule has 0 amide bonds. The first-order valence-corrected chi connectivity index (χ1v) is 7.38. The van der Waals surface area contributed by atoms with Crippen LogP contribution in [-0.2, 0) is 11.3 Å². The van der Waals surface area contributed by atoms with Crippen molar-refractivity contribution in [3.05, 3.63) is 16.0 Å². The number of aryl methyl sites for hydroxylation is 1. The fraction of sp³-hybridized carbons (Fsp3) is 0.500. The third-order valence-corrected chi connectivity index (χ3v) is 5.12. The zero-order valence-electron chi connectivity index (χ0n) is 11.4. The van der Waals surface area contributed by atoms with Crippen molar-refractivity contribution in [1.29, 1.82) is 0 Å². The molecule has 1 atom stereocenters. The molecule has 0 saturated heterocycles. The number of carboxylic acids is 1. The number of carbonyl (C=O) groups is 1. The monoisotopic (exact) mass is 314 g/mol. The Balaban J connectivity index is 2.39. The second-order valence-electron chi connectivity index (χ2n) is 4.94. The molecule has 0 radical (unpaired) electrons. The van der Waals surface area contributed by atoms with Gasteiger partial charge in [-0.3, -0.25) is 4.79 Å². The normalized spacial score (nSPS) is 14.2. The fourth-order valence-corrected chi connectivity index (χ4v) is 2.98. The van der Waals surface area contributed by atoms with Crippen molar-refractivity contribution in [2.45, 2.75) is 33.7 Å². The smallest absolute Gasteiger partial charge is 0.311 e. The predicted octanol–water partition coefficient (Wildman–Crippen LogP) is 2.86. The van der Waals surface area contributed by atoms with Gasteiger partial charge >= 0.3 is 5.97 Å². The summed E-state index contributed by atoms with van der Waals surface area (Å²) in [4.78, 5) is 12.2. The molecule has 0 fully saturated rings. The number of aromatic nitrogens is 4. The first-order chi connectivity index (χ1) is 9.39. The van der Waals surface area contributed by atoms with Crippen LogP contribution in [0.1, 0.15) is 25.8 Å². The molecule has 8 heteroatoms. The van der Waals surface area contributed by atoms with Gasteiger partial charge in [-0.1, -0.05) is 18.5 Å². The number of rotatable bonds is 5. The number of nitrogens with zero attached hydrogens (tertiary/aromatic N) is 4. The van der Waals surface area contributed by atoms with E-state index in [4.69, 9.17) is 11.6 Å². The fourth-order valence-electron chi connectivity index (χ4n) is 1.72. The quantitative estimate of drug-likeness (QED) is 0.917. The van der Waals surface area contributed by atoms with Crippen molar-refractivity contribution >= 4 is 28.9 Å². The number of tetrazole rings is 1. The van der Waals surface area contributed by atoms with Crippen molar-refractivity contribution in [1.82, 2.24) is 20.2 Å². The second-order valence-corrected chi connectivity index (χ2v) is 6.20. The maximum atomic E-state index is 11.4. The minimum Gasteiger partial charge on any atom is -0.481 e. The molecular formula is C12H15ClN4O2S. The molecule has 1 unspecified atom stereocenters. The first-order valence-electron chi connectivity index (χ1n) is 6.12. The van der Waals surface area contributed by atoms with E-state index in [0.717, 1.165) is 10.4 Å². The molecule has 2 rings (SSSR count). The Kier molecular flexibility index (Phi) is 4.10. The summed E-state index contributed by atoms with van der Waals surface area (Å²) in [5, 5.41) is 23.4. The molecule has 0 aliphatic heterocycles. The lowest BCUT2D eigenvalue weighted by Gasteiger charge is -2.22. The van der Waals surface area contributed by atoms with Crippen LogP contribution < -0.4 is 0 Å². The minimum atomic E-state index is -0.914. The van der Waals surface area contributed by atoms with Crippen molar-refractivity contribution in [2.24, 2.45) is 5.41 Å². The van der Waals surface area contributed by atoms with Crippen LogP contribution >= 0.6 is 22.9 Å². The van der Waals surface area contributed by atoms with Crippen molar-refractivity contribution < 1.29 is 9.90 Å². The van der Waals surface area contributed by atoms with E-state index < -0.39 is 11.4 Å². The third kappa shape index (κ3) is 2.55. The number of halogens is 1. The summed E-state index contributed by atoms with van der Waals surface area (Å²) in [6, 6.07) is 0. The molecule has 0 aliphatic rings. The molecule has 2 aromatic heterocycles. The van der Waals surface area contributed by atoms with Gasteiger partial charge in [-0.25, -0.2) is 4.68 Å². The van der Waals surface area contributed by atoms with Crippen LogP contribution in [0.3, 0.4) is 0 Å². The third-order valence-electron chi connectivity index (χ3n) is 3.43. The number of aliphatic carboxylic acids is 1. The van der Waals surface area contributed by atoms with Crippen LogP contribution in [0.15, 0.2) is 5.38 Å². The molecule has 2 heterocycles. The Morgan fingerprint density at radius 1 is 1.60 bits per heavy atom. The van der Waals surface area contributed by atoms with E-state index in [-0.39, 0.29) is 6.54 Å². The summed E-state index contributed by atoms with van der Waals surface area (Å²) in [5.74, 6) is -0.357. The van der Waals surface area contributed by atoms with Gasteiger partial charge in [0.15, 0.2) is 5.82 Å². The number of carboxylic acid groups (broad SMARTS) is 1. The first kappa shape index (κ1) is 14.9. The molecule has 0 spiro atoms. The molecule has 1 N–H and O–H groups in total. The Morgan fingerprint density at radius 3 is 2.80 bits per heavy atom. The lowest BCUT2D eigenvalue weighted by Crippen LogP contribution is -2.32. The highest BCUT2D eigenvalue weighted by molar-refractivity contribution is 7.14. The van der Waals surface area contributed by atoms with Crippen molar-refractivity contribution in [2.75, 3.05) is 0 Å². The summed E-state index contributed by atoms with van der Waals surface area (Å²) in [6.07, 6.45) is 0.485. The molecule has 0 aliphatic carbocycles. The molecule has 0 aromatic carbocycles. The number of thiophene rings is 1. The molecule has 108 valence electrons. The van der Waals surface area contributed by atoms with Gasteiger partial charge in [-0.15, -0.1) is 16.4 Å². The average Bonchev–Trinajstić information content (AvgIpc) is 2.97. The molecule has 20 heavy (non-hydrogen) atoms. The van der Waals surface area contributed by atoms with E-state index in [1.165, 1.54) is 16.0 Å². The van der Waals surface area contributed by atoms with E-state index in [1.807, 2.05) is 19.2 Å². The summed E-state index contributed by atoms with van der Waals surface area (Å²) >= 11 is 7.67. The van der Waals surface area contributed by atoms with E-state index in [0.29, 0.717) is 17.3 Å². The Hall–Kier alpha value is -1.47. The SMILES string of the molecule is CCC(C)(Cn1nnnc1-c1scc(C)c1Cl)C(=O)O. The predicted molar refractivity (Wildman–Crippen MR) is 76.9 cm³/mol. The number of hydrogen-bond donors (Lipinski definition) is 1. The molecule has 0 saturated carbocycles. The largest absolute Gasteiger partial charge is 0.481 e. The van der Waals surface area contributed by atoms with E-state index in [9.17, 15) is 9.90 Å². The van der Waals surface area contributed by atoms with Crippen LogP contribution in [0.4, 0.5) is 0 Å². The zero-order chi connectivity index (χ0) is 14.9. The highest BCUT2D eigenvalue weighted by Crippen LogP contribution is 2.36. The van der Waals surface area contributed by atoms with Crippen LogP contribution in [0.2, 0.25) is 5.02 Å². The topological polar surface area (TPSA) is 80.9 Å². The highest BCUT2D eigenvalue weighted by Gasteiger charge is 2.33. The molecule has 6 nitrogen and oxygen atoms in total. The van der Waals surface area contributed by atoms with Gasteiger partial charge in [0, 0.05) is 0 Å². The van der Waals surface area contributed by atoms with E-state index >= 15 is 0 Å². The van der Waals surface area contributed by atoms with Gasteiger partial charge in [0.2, 0.25) is 0 Å². The molecule has 0 bridgehead atoms. The lowest BCUT2D eigenvalue weighted by molar-refractivity contribution is -0.149. The maximum absolute atomic E-state index is 11.4.